The van der Waals surface area contributed by atoms with Gasteiger partial charge in [-0.2, -0.15) is 18.3 Å². The summed E-state index contributed by atoms with van der Waals surface area (Å²) in [6, 6.07) is 7.22. The van der Waals surface area contributed by atoms with Crippen molar-refractivity contribution in [2.45, 2.75) is 19.1 Å². The molecular weight excluding hydrogens is 500 g/mol. The highest BCUT2D eigenvalue weighted by Gasteiger charge is 2.36. The summed E-state index contributed by atoms with van der Waals surface area (Å²) in [6.07, 6.45) is -2.56. The molecule has 0 spiro atoms. The van der Waals surface area contributed by atoms with E-state index < -0.39 is 11.9 Å². The number of benzene rings is 1. The first kappa shape index (κ1) is 24.7. The lowest BCUT2D eigenvalue weighted by molar-refractivity contribution is -0.142. The van der Waals surface area contributed by atoms with Crippen LogP contribution in [0.3, 0.4) is 0 Å². The molecule has 160 valence electrons. The standard InChI is InChI=1S/C18H23F3N6O.HI/c1-22-16(28)13-6-4-5-12(9-13)7-8-24-17(23-2)25-10-14-11-27(3)26-15(14)18(19,20)21;/h4-6,9,11H,7-8,10H2,1-3H3,(H,22,28)(H2,23,24,25);1H. The molecule has 0 aliphatic carbocycles. The molecule has 0 aliphatic rings. The molecule has 0 radical (unpaired) electrons. The number of hydrogen-bond donors (Lipinski definition) is 3. The molecule has 1 aromatic heterocycles. The fraction of sp³-hybridized carbons (Fsp3) is 0.389. The summed E-state index contributed by atoms with van der Waals surface area (Å²) in [5.74, 6) is 0.212. The maximum Gasteiger partial charge on any atom is 0.435 e. The van der Waals surface area contributed by atoms with E-state index in [0.29, 0.717) is 24.5 Å². The van der Waals surface area contributed by atoms with Crippen molar-refractivity contribution in [3.05, 3.63) is 52.8 Å². The molecule has 1 heterocycles. The quantitative estimate of drug-likeness (QED) is 0.308. The molecule has 7 nitrogen and oxygen atoms in total. The van der Waals surface area contributed by atoms with Gasteiger partial charge in [0.05, 0.1) is 0 Å². The first-order chi connectivity index (χ1) is 13.2. The highest BCUT2D eigenvalue weighted by Crippen LogP contribution is 2.30. The molecule has 0 bridgehead atoms. The lowest BCUT2D eigenvalue weighted by atomic mass is 10.1. The number of alkyl halides is 3. The summed E-state index contributed by atoms with van der Waals surface area (Å²) in [5, 5.41) is 11.9. The second-order valence-corrected chi connectivity index (χ2v) is 6.06. The molecule has 11 heteroatoms. The lowest BCUT2D eigenvalue weighted by Crippen LogP contribution is -2.38. The fourth-order valence-electron chi connectivity index (χ4n) is 2.64. The molecule has 0 unspecified atom stereocenters. The monoisotopic (exact) mass is 524 g/mol. The number of hydrogen-bond acceptors (Lipinski definition) is 3. The van der Waals surface area contributed by atoms with Crippen LogP contribution in [0, 0.1) is 0 Å². The Morgan fingerprint density at radius 2 is 2.00 bits per heavy atom. The summed E-state index contributed by atoms with van der Waals surface area (Å²) in [4.78, 5) is 15.7. The molecule has 1 amide bonds. The summed E-state index contributed by atoms with van der Waals surface area (Å²) in [5.41, 5.74) is 0.648. The number of carbonyl (C=O) groups is 1. The number of nitrogens with one attached hydrogen (secondary N) is 3. The van der Waals surface area contributed by atoms with Gasteiger partial charge in [0.1, 0.15) is 0 Å². The molecule has 3 N–H and O–H groups in total. The number of aryl methyl sites for hydroxylation is 1. The van der Waals surface area contributed by atoms with Gasteiger partial charge in [0, 0.05) is 51.6 Å². The van der Waals surface area contributed by atoms with E-state index in [1.54, 1.807) is 25.2 Å². The fourth-order valence-corrected chi connectivity index (χ4v) is 2.64. The minimum absolute atomic E-state index is 0. The molecule has 0 aliphatic heterocycles. The Bertz CT molecular complexity index is 850. The molecule has 1 aromatic carbocycles. The van der Waals surface area contributed by atoms with Gasteiger partial charge >= 0.3 is 6.18 Å². The highest BCUT2D eigenvalue weighted by molar-refractivity contribution is 14.0. The third-order valence-electron chi connectivity index (χ3n) is 3.97. The summed E-state index contributed by atoms with van der Waals surface area (Å²) in [7, 11) is 4.55. The van der Waals surface area contributed by atoms with E-state index in [0.717, 1.165) is 10.2 Å². The Morgan fingerprint density at radius 1 is 1.28 bits per heavy atom. The van der Waals surface area contributed by atoms with Crippen molar-refractivity contribution in [2.75, 3.05) is 20.6 Å². The number of rotatable bonds is 6. The third kappa shape index (κ3) is 7.22. The Hall–Kier alpha value is -2.31. The zero-order valence-corrected chi connectivity index (χ0v) is 18.6. The van der Waals surface area contributed by atoms with E-state index >= 15 is 0 Å². The predicted molar refractivity (Wildman–Crippen MR) is 115 cm³/mol. The Morgan fingerprint density at radius 3 is 2.62 bits per heavy atom. The topological polar surface area (TPSA) is 83.3 Å². The smallest absolute Gasteiger partial charge is 0.356 e. The first-order valence-electron chi connectivity index (χ1n) is 8.60. The van der Waals surface area contributed by atoms with Gasteiger partial charge in [-0.25, -0.2) is 0 Å². The van der Waals surface area contributed by atoms with Crippen LogP contribution < -0.4 is 16.0 Å². The number of carbonyl (C=O) groups excluding carboxylic acids is 1. The molecule has 29 heavy (non-hydrogen) atoms. The average Bonchev–Trinajstić information content (AvgIpc) is 3.05. The van der Waals surface area contributed by atoms with Crippen LogP contribution in [0.25, 0.3) is 0 Å². The second kappa shape index (κ2) is 11.0. The van der Waals surface area contributed by atoms with Crippen LogP contribution in [-0.2, 0) is 26.2 Å². The molecule has 0 saturated carbocycles. The second-order valence-electron chi connectivity index (χ2n) is 6.06. The molecular formula is C18H24F3IN6O. The van der Waals surface area contributed by atoms with Gasteiger partial charge in [-0.3, -0.25) is 14.5 Å². The number of halogens is 4. The highest BCUT2D eigenvalue weighted by atomic mass is 127. The maximum atomic E-state index is 13.0. The van der Waals surface area contributed by atoms with Crippen LogP contribution in [0.15, 0.2) is 35.5 Å². The van der Waals surface area contributed by atoms with Crippen LogP contribution >= 0.6 is 24.0 Å². The van der Waals surface area contributed by atoms with Gasteiger partial charge in [0.2, 0.25) is 0 Å². The number of nitrogens with zero attached hydrogens (tertiary/aromatic N) is 3. The van der Waals surface area contributed by atoms with Crippen LogP contribution in [-0.4, -0.2) is 42.3 Å². The van der Waals surface area contributed by atoms with Gasteiger partial charge < -0.3 is 16.0 Å². The van der Waals surface area contributed by atoms with E-state index in [1.807, 2.05) is 6.07 Å². The Kier molecular flexibility index (Phi) is 9.40. The zero-order chi connectivity index (χ0) is 20.7. The minimum Gasteiger partial charge on any atom is -0.356 e. The number of guanidine groups is 1. The van der Waals surface area contributed by atoms with E-state index in [9.17, 15) is 18.0 Å². The SMILES string of the molecule is CN=C(NCCc1cccc(C(=O)NC)c1)NCc1cn(C)nc1C(F)(F)F.I. The molecule has 0 fully saturated rings. The van der Waals surface area contributed by atoms with Crippen LogP contribution in [0.5, 0.6) is 0 Å². The lowest BCUT2D eigenvalue weighted by Gasteiger charge is -2.13. The zero-order valence-electron chi connectivity index (χ0n) is 16.3. The van der Waals surface area contributed by atoms with Crippen molar-refractivity contribution in [1.82, 2.24) is 25.7 Å². The Labute approximate surface area is 184 Å². The maximum absolute atomic E-state index is 13.0. The van der Waals surface area contributed by atoms with Crippen molar-refractivity contribution < 1.29 is 18.0 Å². The van der Waals surface area contributed by atoms with Crippen molar-refractivity contribution in [3.8, 4) is 0 Å². The van der Waals surface area contributed by atoms with Crippen LogP contribution in [0.2, 0.25) is 0 Å². The van der Waals surface area contributed by atoms with Crippen molar-refractivity contribution >= 4 is 35.8 Å². The van der Waals surface area contributed by atoms with Gasteiger partial charge in [-0.1, -0.05) is 12.1 Å². The van der Waals surface area contributed by atoms with Crippen molar-refractivity contribution in [1.29, 1.82) is 0 Å². The summed E-state index contributed by atoms with van der Waals surface area (Å²) < 4.78 is 40.1. The molecule has 0 atom stereocenters. The van der Waals surface area contributed by atoms with Gasteiger partial charge in [0.15, 0.2) is 11.7 Å². The van der Waals surface area contributed by atoms with E-state index in [2.05, 4.69) is 26.0 Å². The Balaban J connectivity index is 0.00000420. The molecule has 0 saturated heterocycles. The van der Waals surface area contributed by atoms with E-state index in [1.165, 1.54) is 20.3 Å². The van der Waals surface area contributed by atoms with E-state index in [4.69, 9.17) is 0 Å². The average molecular weight is 524 g/mol. The van der Waals surface area contributed by atoms with Crippen molar-refractivity contribution in [3.63, 3.8) is 0 Å². The van der Waals surface area contributed by atoms with Gasteiger partial charge in [-0.15, -0.1) is 24.0 Å². The largest absolute Gasteiger partial charge is 0.435 e. The van der Waals surface area contributed by atoms with Crippen LogP contribution in [0.1, 0.15) is 27.2 Å². The van der Waals surface area contributed by atoms with Crippen LogP contribution in [0.4, 0.5) is 13.2 Å². The number of aliphatic imine (C=N–C) groups is 1. The minimum atomic E-state index is -4.51. The third-order valence-corrected chi connectivity index (χ3v) is 3.97. The normalized spacial score (nSPS) is 11.6. The summed E-state index contributed by atoms with van der Waals surface area (Å²) >= 11 is 0. The summed E-state index contributed by atoms with van der Waals surface area (Å²) in [6.45, 7) is 0.435. The molecule has 2 rings (SSSR count). The number of amides is 1. The predicted octanol–water partition coefficient (Wildman–Crippen LogP) is 2.32. The van der Waals surface area contributed by atoms with Crippen molar-refractivity contribution in [2.24, 2.45) is 12.0 Å². The molecule has 2 aromatic rings. The van der Waals surface area contributed by atoms with Gasteiger partial charge in [-0.05, 0) is 24.1 Å². The number of aromatic nitrogens is 2. The van der Waals surface area contributed by atoms with E-state index in [-0.39, 0.29) is 42.0 Å². The first-order valence-corrected chi connectivity index (χ1v) is 8.60. The van der Waals surface area contributed by atoms with Gasteiger partial charge in [0.25, 0.3) is 5.91 Å².